The number of aromatic amines is 1. The zero-order valence-electron chi connectivity index (χ0n) is 11.1. The molecule has 112 valence electrons. The lowest BCUT2D eigenvalue weighted by molar-refractivity contribution is -0.259. The van der Waals surface area contributed by atoms with E-state index in [1.807, 2.05) is 24.3 Å². The summed E-state index contributed by atoms with van der Waals surface area (Å²) >= 11 is 0. The second kappa shape index (κ2) is 4.49. The van der Waals surface area contributed by atoms with Gasteiger partial charge in [-0.25, -0.2) is 0 Å². The molecule has 2 heterocycles. The summed E-state index contributed by atoms with van der Waals surface area (Å²) < 4.78 is 43.1. The molecule has 1 saturated heterocycles. The Balaban J connectivity index is 1.84. The highest BCUT2D eigenvalue weighted by Crippen LogP contribution is 2.36. The lowest BCUT2D eigenvalue weighted by Crippen LogP contribution is -2.53. The molecule has 0 saturated carbocycles. The Morgan fingerprint density at radius 3 is 2.71 bits per heavy atom. The number of carbonyl (C=O) groups excluding carboxylic acids is 1. The van der Waals surface area contributed by atoms with Gasteiger partial charge in [0.15, 0.2) is 0 Å². The maximum Gasteiger partial charge on any atom is 0.442 e. The Hall–Kier alpha value is -2.02. The Labute approximate surface area is 118 Å². The van der Waals surface area contributed by atoms with Gasteiger partial charge < -0.3 is 9.72 Å². The van der Waals surface area contributed by atoms with Crippen molar-refractivity contribution in [2.75, 3.05) is 0 Å². The van der Waals surface area contributed by atoms with Crippen molar-refractivity contribution in [1.29, 1.82) is 0 Å². The molecule has 0 amide bonds. The maximum absolute atomic E-state index is 12.9. The molecular formula is C14H13F3N2O2. The molecule has 1 aliphatic heterocycles. The minimum absolute atomic E-state index is 0.133. The largest absolute Gasteiger partial charge is 0.442 e. The quantitative estimate of drug-likeness (QED) is 0.838. The standard InChI is InChI=1S/C14H13F3N2O2/c1-13(14(15,16)17)19-11(12(20)21-13)6-8-7-18-10-5-3-2-4-9(8)10/h2-5,7,11,18-19H,6H2,1H3/t11-,13?/m0/s1. The van der Waals surface area contributed by atoms with Crippen LogP contribution in [0.1, 0.15) is 12.5 Å². The van der Waals surface area contributed by atoms with Crippen LogP contribution in [0.2, 0.25) is 0 Å². The molecule has 1 unspecified atom stereocenters. The van der Waals surface area contributed by atoms with Crippen molar-refractivity contribution >= 4 is 16.9 Å². The van der Waals surface area contributed by atoms with Crippen LogP contribution < -0.4 is 5.32 Å². The molecule has 3 rings (SSSR count). The molecule has 0 radical (unpaired) electrons. The summed E-state index contributed by atoms with van der Waals surface area (Å²) in [5.74, 6) is -0.889. The van der Waals surface area contributed by atoms with Crippen molar-refractivity contribution < 1.29 is 22.7 Å². The van der Waals surface area contributed by atoms with E-state index in [2.05, 4.69) is 15.0 Å². The number of alkyl halides is 3. The predicted molar refractivity (Wildman–Crippen MR) is 69.5 cm³/mol. The maximum atomic E-state index is 12.9. The van der Waals surface area contributed by atoms with Crippen LogP contribution in [0.25, 0.3) is 10.9 Å². The third-order valence-corrected chi connectivity index (χ3v) is 3.68. The molecule has 0 aliphatic carbocycles. The van der Waals surface area contributed by atoms with Gasteiger partial charge in [0.25, 0.3) is 5.72 Å². The Kier molecular flexibility index (Phi) is 2.98. The highest BCUT2D eigenvalue weighted by molar-refractivity contribution is 5.85. The van der Waals surface area contributed by atoms with E-state index in [4.69, 9.17) is 0 Å². The Morgan fingerprint density at radius 1 is 1.33 bits per heavy atom. The van der Waals surface area contributed by atoms with Crippen molar-refractivity contribution in [2.45, 2.75) is 31.3 Å². The average Bonchev–Trinajstić information content (AvgIpc) is 2.93. The van der Waals surface area contributed by atoms with Gasteiger partial charge in [0, 0.05) is 23.5 Å². The van der Waals surface area contributed by atoms with E-state index in [-0.39, 0.29) is 6.42 Å². The van der Waals surface area contributed by atoms with E-state index in [1.165, 1.54) is 0 Å². The first kappa shape index (κ1) is 13.9. The molecule has 4 nitrogen and oxygen atoms in total. The number of ether oxygens (including phenoxy) is 1. The Morgan fingerprint density at radius 2 is 2.05 bits per heavy atom. The van der Waals surface area contributed by atoms with Gasteiger partial charge in [-0.15, -0.1) is 0 Å². The molecule has 2 N–H and O–H groups in total. The SMILES string of the molecule is CC1(C(F)(F)F)N[C@@H](Cc2c[nH]c3ccccc23)C(=O)O1. The topological polar surface area (TPSA) is 54.1 Å². The summed E-state index contributed by atoms with van der Waals surface area (Å²) in [4.78, 5) is 14.7. The van der Waals surface area contributed by atoms with Crippen LogP contribution in [-0.2, 0) is 16.0 Å². The Bertz CT molecular complexity index is 695. The molecule has 0 spiro atoms. The van der Waals surface area contributed by atoms with Gasteiger partial charge in [-0.1, -0.05) is 18.2 Å². The fourth-order valence-electron chi connectivity index (χ4n) is 2.49. The van der Waals surface area contributed by atoms with Crippen LogP contribution >= 0.6 is 0 Å². The molecule has 1 aromatic carbocycles. The lowest BCUT2D eigenvalue weighted by atomic mass is 10.1. The molecule has 2 aromatic rings. The van der Waals surface area contributed by atoms with E-state index in [9.17, 15) is 18.0 Å². The zero-order chi connectivity index (χ0) is 15.3. The molecule has 7 heteroatoms. The molecule has 1 aromatic heterocycles. The number of carbonyl (C=O) groups is 1. The number of nitrogens with one attached hydrogen (secondary N) is 2. The number of hydrogen-bond donors (Lipinski definition) is 2. The molecule has 2 atom stereocenters. The molecule has 1 aliphatic rings. The summed E-state index contributed by atoms with van der Waals surface area (Å²) in [5, 5.41) is 3.13. The van der Waals surface area contributed by atoms with Gasteiger partial charge >= 0.3 is 12.1 Å². The second-order valence-electron chi connectivity index (χ2n) is 5.21. The minimum Gasteiger partial charge on any atom is -0.433 e. The van der Waals surface area contributed by atoms with Crippen LogP contribution in [-0.4, -0.2) is 28.9 Å². The van der Waals surface area contributed by atoms with E-state index in [1.54, 1.807) is 6.20 Å². The first-order chi connectivity index (χ1) is 9.80. The number of aromatic nitrogens is 1. The van der Waals surface area contributed by atoms with Gasteiger partial charge in [-0.2, -0.15) is 13.2 Å². The normalized spacial score (nSPS) is 26.3. The predicted octanol–water partition coefficient (Wildman–Crippen LogP) is 2.50. The van der Waals surface area contributed by atoms with Crippen molar-refractivity contribution in [1.82, 2.24) is 10.3 Å². The van der Waals surface area contributed by atoms with Crippen LogP contribution in [0.4, 0.5) is 13.2 Å². The number of H-pyrrole nitrogens is 1. The monoisotopic (exact) mass is 298 g/mol. The average molecular weight is 298 g/mol. The van der Waals surface area contributed by atoms with Gasteiger partial charge in [0.05, 0.1) is 0 Å². The van der Waals surface area contributed by atoms with E-state index in [0.717, 1.165) is 23.4 Å². The zero-order valence-corrected chi connectivity index (χ0v) is 11.1. The number of rotatable bonds is 2. The number of para-hydroxylation sites is 1. The fraction of sp³-hybridized carbons (Fsp3) is 0.357. The fourth-order valence-corrected chi connectivity index (χ4v) is 2.49. The van der Waals surface area contributed by atoms with Crippen LogP contribution in [0.15, 0.2) is 30.5 Å². The smallest absolute Gasteiger partial charge is 0.433 e. The highest BCUT2D eigenvalue weighted by atomic mass is 19.4. The number of cyclic esters (lactones) is 1. The first-order valence-corrected chi connectivity index (χ1v) is 6.42. The van der Waals surface area contributed by atoms with Crippen LogP contribution in [0.3, 0.4) is 0 Å². The number of esters is 1. The summed E-state index contributed by atoms with van der Waals surface area (Å²) in [6.45, 7) is 0.820. The molecule has 21 heavy (non-hydrogen) atoms. The number of hydrogen-bond acceptors (Lipinski definition) is 3. The molecular weight excluding hydrogens is 285 g/mol. The van der Waals surface area contributed by atoms with Gasteiger partial charge in [-0.3, -0.25) is 10.1 Å². The summed E-state index contributed by atoms with van der Waals surface area (Å²) in [5.41, 5.74) is -0.982. The van der Waals surface area contributed by atoms with Crippen molar-refractivity contribution in [3.63, 3.8) is 0 Å². The lowest BCUT2D eigenvalue weighted by Gasteiger charge is -2.25. The number of benzene rings is 1. The molecule has 0 bridgehead atoms. The minimum atomic E-state index is -4.66. The molecule has 1 fully saturated rings. The van der Waals surface area contributed by atoms with Gasteiger partial charge in [-0.05, 0) is 18.6 Å². The van der Waals surface area contributed by atoms with Crippen molar-refractivity contribution in [3.8, 4) is 0 Å². The van der Waals surface area contributed by atoms with E-state index >= 15 is 0 Å². The van der Waals surface area contributed by atoms with Crippen LogP contribution in [0.5, 0.6) is 0 Å². The highest BCUT2D eigenvalue weighted by Gasteiger charge is 2.60. The second-order valence-corrected chi connectivity index (χ2v) is 5.21. The van der Waals surface area contributed by atoms with E-state index in [0.29, 0.717) is 0 Å². The third-order valence-electron chi connectivity index (χ3n) is 3.68. The number of fused-ring (bicyclic) bond motifs is 1. The van der Waals surface area contributed by atoms with Crippen molar-refractivity contribution in [2.24, 2.45) is 0 Å². The first-order valence-electron chi connectivity index (χ1n) is 6.42. The summed E-state index contributed by atoms with van der Waals surface area (Å²) in [7, 11) is 0. The number of halogens is 3. The van der Waals surface area contributed by atoms with Crippen LogP contribution in [0, 0.1) is 0 Å². The summed E-state index contributed by atoms with van der Waals surface area (Å²) in [6, 6.07) is 6.38. The van der Waals surface area contributed by atoms with Gasteiger partial charge in [0.1, 0.15) is 6.04 Å². The third kappa shape index (κ3) is 2.27. The van der Waals surface area contributed by atoms with E-state index < -0.39 is 23.9 Å². The van der Waals surface area contributed by atoms with Gasteiger partial charge in [0.2, 0.25) is 0 Å². The van der Waals surface area contributed by atoms with Crippen molar-refractivity contribution in [3.05, 3.63) is 36.0 Å². The summed E-state index contributed by atoms with van der Waals surface area (Å²) in [6.07, 6.45) is -2.82.